The van der Waals surface area contributed by atoms with Crippen molar-refractivity contribution in [1.29, 1.82) is 0 Å². The van der Waals surface area contributed by atoms with Gasteiger partial charge in [-0.25, -0.2) is 18.4 Å². The minimum Gasteiger partial charge on any atom is -0.338 e. The third-order valence-electron chi connectivity index (χ3n) is 3.98. The molecule has 0 saturated heterocycles. The molecule has 0 unspecified atom stereocenters. The van der Waals surface area contributed by atoms with Crippen LogP contribution in [0.3, 0.4) is 0 Å². The van der Waals surface area contributed by atoms with Crippen LogP contribution in [0.25, 0.3) is 22.0 Å². The lowest BCUT2D eigenvalue weighted by atomic mass is 10.0. The zero-order valence-corrected chi connectivity index (χ0v) is 16.7. The number of benzene rings is 1. The number of anilines is 3. The minimum atomic E-state index is -3.39. The van der Waals surface area contributed by atoms with E-state index in [4.69, 9.17) is 11.6 Å². The topological polar surface area (TPSA) is 110 Å². The van der Waals surface area contributed by atoms with Crippen molar-refractivity contribution in [3.05, 3.63) is 66.5 Å². The molecule has 0 amide bonds. The Morgan fingerprint density at radius 3 is 2.48 bits per heavy atom. The summed E-state index contributed by atoms with van der Waals surface area (Å²) in [6.45, 7) is 0. The van der Waals surface area contributed by atoms with Crippen LogP contribution in [-0.2, 0) is 10.0 Å². The molecule has 10 heteroatoms. The molecule has 3 heterocycles. The van der Waals surface area contributed by atoms with E-state index in [0.29, 0.717) is 22.2 Å². The fraction of sp³-hybridized carbons (Fsp3) is 0.0526. The van der Waals surface area contributed by atoms with Crippen molar-refractivity contribution in [2.24, 2.45) is 0 Å². The second kappa shape index (κ2) is 7.61. The monoisotopic (exact) mass is 426 g/mol. The standard InChI is InChI=1S/C19H15ClN6O2S/c1-29(27,28)26-16-4-13(7-21-10-16)12-2-3-18-17(5-12)19(24-11-23-18)25-15-6-14(20)8-22-9-15/h2-11,26H,1H3,(H,23,24,25). The molecule has 1 aromatic carbocycles. The number of hydrogen-bond donors (Lipinski definition) is 2. The Kier molecular flexibility index (Phi) is 4.99. The van der Waals surface area contributed by atoms with Crippen molar-refractivity contribution in [2.75, 3.05) is 16.3 Å². The Hall–Kier alpha value is -3.30. The molecule has 0 atom stereocenters. The van der Waals surface area contributed by atoms with Gasteiger partial charge in [-0.3, -0.25) is 14.7 Å². The van der Waals surface area contributed by atoms with Gasteiger partial charge < -0.3 is 5.32 Å². The first-order chi connectivity index (χ1) is 13.9. The average Bonchev–Trinajstić information content (AvgIpc) is 2.67. The fourth-order valence-electron chi connectivity index (χ4n) is 2.82. The lowest BCUT2D eigenvalue weighted by Crippen LogP contribution is -2.09. The van der Waals surface area contributed by atoms with Gasteiger partial charge in [0.15, 0.2) is 0 Å². The van der Waals surface area contributed by atoms with Gasteiger partial charge in [-0.1, -0.05) is 17.7 Å². The molecule has 2 N–H and O–H groups in total. The van der Waals surface area contributed by atoms with Crippen LogP contribution in [-0.4, -0.2) is 34.6 Å². The van der Waals surface area contributed by atoms with Crippen molar-refractivity contribution in [3.8, 4) is 11.1 Å². The molecule has 0 saturated carbocycles. The second-order valence-electron chi connectivity index (χ2n) is 6.31. The molecule has 0 bridgehead atoms. The molecule has 0 fully saturated rings. The molecule has 0 radical (unpaired) electrons. The number of halogens is 1. The number of nitrogens with zero attached hydrogens (tertiary/aromatic N) is 4. The van der Waals surface area contributed by atoms with Crippen molar-refractivity contribution >= 4 is 49.7 Å². The molecular formula is C19H15ClN6O2S. The van der Waals surface area contributed by atoms with Crippen LogP contribution in [0.2, 0.25) is 5.02 Å². The van der Waals surface area contributed by atoms with E-state index < -0.39 is 10.0 Å². The highest BCUT2D eigenvalue weighted by Gasteiger charge is 2.09. The second-order valence-corrected chi connectivity index (χ2v) is 8.49. The zero-order valence-electron chi connectivity index (χ0n) is 15.2. The van der Waals surface area contributed by atoms with Crippen LogP contribution in [0, 0.1) is 0 Å². The third-order valence-corrected chi connectivity index (χ3v) is 4.79. The molecule has 0 spiro atoms. The van der Waals surface area contributed by atoms with Crippen molar-refractivity contribution in [3.63, 3.8) is 0 Å². The number of hydrogen-bond acceptors (Lipinski definition) is 7. The lowest BCUT2D eigenvalue weighted by Gasteiger charge is -2.10. The first-order valence-corrected chi connectivity index (χ1v) is 10.7. The molecule has 4 aromatic rings. The Morgan fingerprint density at radius 2 is 1.69 bits per heavy atom. The quantitative estimate of drug-likeness (QED) is 0.498. The number of aromatic nitrogens is 4. The summed E-state index contributed by atoms with van der Waals surface area (Å²) in [5.74, 6) is 0.597. The maximum atomic E-state index is 11.5. The van der Waals surface area contributed by atoms with E-state index in [1.54, 1.807) is 30.7 Å². The van der Waals surface area contributed by atoms with E-state index >= 15 is 0 Å². The molecule has 0 aliphatic rings. The van der Waals surface area contributed by atoms with Gasteiger partial charge in [-0.15, -0.1) is 0 Å². The first-order valence-electron chi connectivity index (χ1n) is 8.43. The molecule has 0 aliphatic heterocycles. The molecule has 4 rings (SSSR count). The highest BCUT2D eigenvalue weighted by Crippen LogP contribution is 2.29. The Balaban J connectivity index is 1.75. The van der Waals surface area contributed by atoms with E-state index in [2.05, 4.69) is 30.0 Å². The smallest absolute Gasteiger partial charge is 0.229 e. The zero-order chi connectivity index (χ0) is 20.4. The van der Waals surface area contributed by atoms with Crippen LogP contribution in [0.15, 0.2) is 61.4 Å². The summed E-state index contributed by atoms with van der Waals surface area (Å²) < 4.78 is 25.4. The van der Waals surface area contributed by atoms with Gasteiger partial charge in [0.2, 0.25) is 10.0 Å². The first kappa shape index (κ1) is 19.0. The predicted molar refractivity (Wildman–Crippen MR) is 114 cm³/mol. The summed E-state index contributed by atoms with van der Waals surface area (Å²) in [6, 6.07) is 9.13. The molecule has 29 heavy (non-hydrogen) atoms. The van der Waals surface area contributed by atoms with Gasteiger partial charge in [-0.05, 0) is 29.8 Å². The average molecular weight is 427 g/mol. The SMILES string of the molecule is CS(=O)(=O)Nc1cncc(-c2ccc3ncnc(Nc4cncc(Cl)c4)c3c2)c1. The maximum Gasteiger partial charge on any atom is 0.229 e. The summed E-state index contributed by atoms with van der Waals surface area (Å²) in [4.78, 5) is 16.8. The predicted octanol–water partition coefficient (Wildman–Crippen LogP) is 3.86. The van der Waals surface area contributed by atoms with Gasteiger partial charge in [0.25, 0.3) is 0 Å². The molecule has 146 valence electrons. The molecule has 3 aromatic heterocycles. The lowest BCUT2D eigenvalue weighted by molar-refractivity contribution is 0.607. The normalized spacial score (nSPS) is 11.4. The molecular weight excluding hydrogens is 412 g/mol. The van der Waals surface area contributed by atoms with Crippen LogP contribution in [0.4, 0.5) is 17.2 Å². The van der Waals surface area contributed by atoms with Gasteiger partial charge in [0.05, 0.1) is 40.6 Å². The van der Waals surface area contributed by atoms with Crippen LogP contribution < -0.4 is 10.0 Å². The van der Waals surface area contributed by atoms with Gasteiger partial charge in [0.1, 0.15) is 12.1 Å². The van der Waals surface area contributed by atoms with Crippen LogP contribution in [0.1, 0.15) is 0 Å². The highest BCUT2D eigenvalue weighted by atomic mass is 35.5. The Labute approximate surface area is 172 Å². The fourth-order valence-corrected chi connectivity index (χ4v) is 3.53. The van der Waals surface area contributed by atoms with Crippen molar-refractivity contribution in [1.82, 2.24) is 19.9 Å². The summed E-state index contributed by atoms with van der Waals surface area (Å²) in [5.41, 5.74) is 3.42. The van der Waals surface area contributed by atoms with E-state index in [1.807, 2.05) is 18.2 Å². The van der Waals surface area contributed by atoms with Crippen LogP contribution in [0.5, 0.6) is 0 Å². The Morgan fingerprint density at radius 1 is 0.897 bits per heavy atom. The third kappa shape index (κ3) is 4.58. The Bertz CT molecular complexity index is 1310. The van der Waals surface area contributed by atoms with Crippen molar-refractivity contribution < 1.29 is 8.42 Å². The number of pyridine rings is 2. The van der Waals surface area contributed by atoms with Crippen LogP contribution >= 0.6 is 11.6 Å². The number of fused-ring (bicyclic) bond motifs is 1. The highest BCUT2D eigenvalue weighted by molar-refractivity contribution is 7.92. The van der Waals surface area contributed by atoms with E-state index in [1.165, 1.54) is 12.5 Å². The maximum absolute atomic E-state index is 11.5. The van der Waals surface area contributed by atoms with Gasteiger partial charge in [0, 0.05) is 23.3 Å². The summed E-state index contributed by atoms with van der Waals surface area (Å²) >= 11 is 6.00. The summed E-state index contributed by atoms with van der Waals surface area (Å²) in [5, 5.41) is 4.50. The van der Waals surface area contributed by atoms with Crippen molar-refractivity contribution in [2.45, 2.75) is 0 Å². The summed E-state index contributed by atoms with van der Waals surface area (Å²) in [7, 11) is -3.39. The van der Waals surface area contributed by atoms with E-state index in [9.17, 15) is 8.42 Å². The summed E-state index contributed by atoms with van der Waals surface area (Å²) in [6.07, 6.45) is 8.87. The van der Waals surface area contributed by atoms with E-state index in [-0.39, 0.29) is 0 Å². The van der Waals surface area contributed by atoms with E-state index in [0.717, 1.165) is 28.3 Å². The number of sulfonamides is 1. The van der Waals surface area contributed by atoms with Gasteiger partial charge in [-0.2, -0.15) is 0 Å². The van der Waals surface area contributed by atoms with Gasteiger partial charge >= 0.3 is 0 Å². The number of nitrogens with one attached hydrogen (secondary N) is 2. The number of rotatable bonds is 5. The largest absolute Gasteiger partial charge is 0.338 e. The molecule has 8 nitrogen and oxygen atoms in total. The molecule has 0 aliphatic carbocycles. The minimum absolute atomic E-state index is 0.387.